The van der Waals surface area contributed by atoms with Crippen molar-refractivity contribution in [2.45, 2.75) is 25.2 Å². The molecule has 1 aliphatic carbocycles. The average molecular weight is 515 g/mol. The third kappa shape index (κ3) is 4.53. The number of benzene rings is 2. The van der Waals surface area contributed by atoms with Crippen molar-refractivity contribution in [1.29, 1.82) is 0 Å². The Morgan fingerprint density at radius 2 is 1.87 bits per heavy atom. The molecule has 4 aromatic rings. The molecule has 2 aliphatic rings. The zero-order chi connectivity index (χ0) is 26.2. The van der Waals surface area contributed by atoms with Gasteiger partial charge < -0.3 is 23.5 Å². The molecule has 0 bridgehead atoms. The Morgan fingerprint density at radius 1 is 1.08 bits per heavy atom. The van der Waals surface area contributed by atoms with Crippen LogP contribution in [-0.2, 0) is 18.2 Å². The van der Waals surface area contributed by atoms with Gasteiger partial charge in [-0.3, -0.25) is 4.90 Å². The van der Waals surface area contributed by atoms with E-state index in [-0.39, 0.29) is 5.97 Å². The highest BCUT2D eigenvalue weighted by molar-refractivity contribution is 6.05. The fraction of sp³-hybridized carbons (Fsp3) is 0.400. The average Bonchev–Trinajstić information content (AvgIpc) is 3.64. The van der Waals surface area contributed by atoms with Gasteiger partial charge in [-0.25, -0.2) is 4.79 Å². The molecule has 6 rings (SSSR count). The van der Waals surface area contributed by atoms with E-state index in [0.717, 1.165) is 72.8 Å². The van der Waals surface area contributed by atoms with Crippen molar-refractivity contribution < 1.29 is 18.8 Å². The number of ether oxygens (including phenoxy) is 2. The van der Waals surface area contributed by atoms with Gasteiger partial charge >= 0.3 is 5.97 Å². The number of aryl methyl sites for hydroxylation is 1. The number of para-hydroxylation sites is 1. The van der Waals surface area contributed by atoms with Gasteiger partial charge in [-0.1, -0.05) is 17.3 Å². The summed E-state index contributed by atoms with van der Waals surface area (Å²) in [5.74, 6) is 2.09. The van der Waals surface area contributed by atoms with E-state index in [0.29, 0.717) is 11.5 Å². The summed E-state index contributed by atoms with van der Waals surface area (Å²) in [4.78, 5) is 17.1. The van der Waals surface area contributed by atoms with Crippen molar-refractivity contribution in [1.82, 2.24) is 14.6 Å². The van der Waals surface area contributed by atoms with Crippen LogP contribution in [0.25, 0.3) is 22.2 Å². The lowest BCUT2D eigenvalue weighted by Gasteiger charge is -2.36. The van der Waals surface area contributed by atoms with E-state index < -0.39 is 0 Å². The van der Waals surface area contributed by atoms with Gasteiger partial charge in [0.2, 0.25) is 0 Å². The number of carbonyl (C=O) groups is 1. The predicted molar refractivity (Wildman–Crippen MR) is 147 cm³/mol. The quantitative estimate of drug-likeness (QED) is 0.311. The summed E-state index contributed by atoms with van der Waals surface area (Å²) in [6.45, 7) is 4.87. The molecule has 8 heteroatoms. The summed E-state index contributed by atoms with van der Waals surface area (Å²) in [7, 11) is 5.09. The minimum atomic E-state index is -0.302. The number of piperazine rings is 1. The molecule has 2 aromatic heterocycles. The van der Waals surface area contributed by atoms with Gasteiger partial charge in [0.1, 0.15) is 17.2 Å². The molecule has 1 aliphatic heterocycles. The topological polar surface area (TPSA) is 73.0 Å². The standard InChI is InChI=1S/C30H34N4O4/c1-32-19-25(30(35)37-3)22-11-10-21(18-26(22)32)34-16-14-33(15-17-34)13-12-24-28(31-38-29(24)20-8-9-20)23-6-4-5-7-27(23)36-2/h4-7,10-11,18-20H,8-9,12-17H2,1-3H3. The maximum atomic E-state index is 12.1. The van der Waals surface area contributed by atoms with Gasteiger partial charge in [-0.05, 0) is 49.6 Å². The van der Waals surface area contributed by atoms with Gasteiger partial charge in [-0.2, -0.15) is 0 Å². The predicted octanol–water partition coefficient (Wildman–Crippen LogP) is 4.87. The van der Waals surface area contributed by atoms with Crippen LogP contribution in [0.4, 0.5) is 5.69 Å². The summed E-state index contributed by atoms with van der Waals surface area (Å²) in [5, 5.41) is 5.43. The second-order valence-electron chi connectivity index (χ2n) is 10.3. The second kappa shape index (κ2) is 10.2. The van der Waals surface area contributed by atoms with E-state index in [9.17, 15) is 4.79 Å². The number of rotatable bonds is 8. The smallest absolute Gasteiger partial charge is 0.340 e. The van der Waals surface area contributed by atoms with Crippen LogP contribution in [0.3, 0.4) is 0 Å². The fourth-order valence-corrected chi connectivity index (χ4v) is 5.62. The molecule has 198 valence electrons. The number of methoxy groups -OCH3 is 2. The van der Waals surface area contributed by atoms with Crippen molar-refractivity contribution >= 4 is 22.6 Å². The third-order valence-corrected chi connectivity index (χ3v) is 7.92. The van der Waals surface area contributed by atoms with E-state index in [2.05, 4.69) is 33.2 Å². The molecule has 2 fully saturated rings. The van der Waals surface area contributed by atoms with Crippen molar-refractivity contribution in [2.75, 3.05) is 51.8 Å². The first-order valence-electron chi connectivity index (χ1n) is 13.3. The first kappa shape index (κ1) is 24.6. The highest BCUT2D eigenvalue weighted by atomic mass is 16.5. The Balaban J connectivity index is 1.14. The van der Waals surface area contributed by atoms with Crippen molar-refractivity contribution in [3.05, 3.63) is 65.5 Å². The molecule has 1 saturated carbocycles. The SMILES string of the molecule is COC(=O)c1cn(C)c2cc(N3CCN(CCc4c(-c5ccccc5OC)noc4C4CC4)CC3)ccc12. The summed E-state index contributed by atoms with van der Waals surface area (Å²) in [6, 6.07) is 14.4. The number of esters is 1. The lowest BCUT2D eigenvalue weighted by atomic mass is 10.0. The monoisotopic (exact) mass is 514 g/mol. The number of hydrogen-bond acceptors (Lipinski definition) is 7. The van der Waals surface area contributed by atoms with Crippen LogP contribution >= 0.6 is 0 Å². The molecule has 0 N–H and O–H groups in total. The lowest BCUT2D eigenvalue weighted by Crippen LogP contribution is -2.47. The third-order valence-electron chi connectivity index (χ3n) is 7.92. The van der Waals surface area contributed by atoms with Crippen LogP contribution in [-0.4, -0.2) is 67.5 Å². The molecule has 3 heterocycles. The Kier molecular flexibility index (Phi) is 6.57. The summed E-state index contributed by atoms with van der Waals surface area (Å²) in [6.07, 6.45) is 5.12. The summed E-state index contributed by atoms with van der Waals surface area (Å²) < 4.78 is 18.5. The molecular formula is C30H34N4O4. The highest BCUT2D eigenvalue weighted by Gasteiger charge is 2.33. The molecule has 1 saturated heterocycles. The van der Waals surface area contributed by atoms with Crippen molar-refractivity contribution in [3.8, 4) is 17.0 Å². The largest absolute Gasteiger partial charge is 0.496 e. The molecule has 38 heavy (non-hydrogen) atoms. The Labute approximate surface area is 222 Å². The number of aromatic nitrogens is 2. The maximum absolute atomic E-state index is 12.1. The van der Waals surface area contributed by atoms with E-state index in [1.165, 1.54) is 31.2 Å². The molecule has 8 nitrogen and oxygen atoms in total. The minimum Gasteiger partial charge on any atom is -0.496 e. The van der Waals surface area contributed by atoms with E-state index in [1.54, 1.807) is 7.11 Å². The van der Waals surface area contributed by atoms with Crippen LogP contribution in [0.1, 0.15) is 40.4 Å². The molecule has 2 aromatic carbocycles. The summed E-state index contributed by atoms with van der Waals surface area (Å²) in [5.41, 5.74) is 5.97. The van der Waals surface area contributed by atoms with Crippen molar-refractivity contribution in [2.24, 2.45) is 7.05 Å². The van der Waals surface area contributed by atoms with Gasteiger partial charge in [-0.15, -0.1) is 0 Å². The highest BCUT2D eigenvalue weighted by Crippen LogP contribution is 2.45. The van der Waals surface area contributed by atoms with E-state index in [1.807, 2.05) is 42.1 Å². The zero-order valence-electron chi connectivity index (χ0n) is 22.3. The van der Waals surface area contributed by atoms with Gasteiger partial charge in [0, 0.05) is 74.1 Å². The normalized spacial score (nSPS) is 16.2. The number of hydrogen-bond donors (Lipinski definition) is 0. The van der Waals surface area contributed by atoms with Crippen LogP contribution in [0, 0.1) is 0 Å². The molecule has 0 amide bonds. The van der Waals surface area contributed by atoms with Gasteiger partial charge in [0.05, 0.1) is 25.3 Å². The Hall–Kier alpha value is -3.78. The van der Waals surface area contributed by atoms with Gasteiger partial charge in [0.25, 0.3) is 0 Å². The van der Waals surface area contributed by atoms with E-state index >= 15 is 0 Å². The van der Waals surface area contributed by atoms with Crippen LogP contribution < -0.4 is 9.64 Å². The molecule has 0 unspecified atom stereocenters. The van der Waals surface area contributed by atoms with Crippen LogP contribution in [0.15, 0.2) is 53.2 Å². The minimum absolute atomic E-state index is 0.302. The maximum Gasteiger partial charge on any atom is 0.340 e. The van der Waals surface area contributed by atoms with E-state index in [4.69, 9.17) is 14.0 Å². The molecule has 0 radical (unpaired) electrons. The zero-order valence-corrected chi connectivity index (χ0v) is 22.3. The number of fused-ring (bicyclic) bond motifs is 1. The molecular weight excluding hydrogens is 480 g/mol. The molecule has 0 atom stereocenters. The summed E-state index contributed by atoms with van der Waals surface area (Å²) >= 11 is 0. The fourth-order valence-electron chi connectivity index (χ4n) is 5.62. The second-order valence-corrected chi connectivity index (χ2v) is 10.3. The van der Waals surface area contributed by atoms with Crippen LogP contribution in [0.2, 0.25) is 0 Å². The molecule has 0 spiro atoms. The lowest BCUT2D eigenvalue weighted by molar-refractivity contribution is 0.0602. The van der Waals surface area contributed by atoms with Gasteiger partial charge in [0.15, 0.2) is 0 Å². The van der Waals surface area contributed by atoms with Crippen molar-refractivity contribution in [3.63, 3.8) is 0 Å². The Morgan fingerprint density at radius 3 is 2.61 bits per heavy atom. The van der Waals surface area contributed by atoms with Crippen LogP contribution in [0.5, 0.6) is 5.75 Å². The first-order chi connectivity index (χ1) is 18.6. The number of carbonyl (C=O) groups excluding carboxylic acids is 1. The number of nitrogens with zero attached hydrogens (tertiary/aromatic N) is 4. The number of anilines is 1. The Bertz CT molecular complexity index is 1460. The first-order valence-corrected chi connectivity index (χ1v) is 13.3.